The molecule has 0 atom stereocenters. The number of nitrogens with zero attached hydrogens (tertiary/aromatic N) is 4. The fraction of sp³-hybridized carbons (Fsp3) is 0.333. The highest BCUT2D eigenvalue weighted by molar-refractivity contribution is 7.13. The third-order valence-electron chi connectivity index (χ3n) is 6.23. The Morgan fingerprint density at radius 3 is 2.46 bits per heavy atom. The predicted octanol–water partition coefficient (Wildman–Crippen LogP) is 4.07. The summed E-state index contributed by atoms with van der Waals surface area (Å²) in [6.45, 7) is 2.93. The van der Waals surface area contributed by atoms with Crippen LogP contribution in [0.5, 0.6) is 0 Å². The van der Waals surface area contributed by atoms with Crippen molar-refractivity contribution < 1.29 is 19.1 Å². The maximum absolute atomic E-state index is 12.9. The van der Waals surface area contributed by atoms with Gasteiger partial charge >= 0.3 is 0 Å². The molecular formula is C27H29Cl2N5O4S. The number of aromatic nitrogens is 1. The van der Waals surface area contributed by atoms with Gasteiger partial charge in [0.25, 0.3) is 5.91 Å². The van der Waals surface area contributed by atoms with E-state index in [4.69, 9.17) is 27.9 Å². The summed E-state index contributed by atoms with van der Waals surface area (Å²) in [6, 6.07) is 14.2. The number of thiazole rings is 1. The van der Waals surface area contributed by atoms with E-state index in [-0.39, 0.29) is 37.9 Å². The predicted molar refractivity (Wildman–Crippen MR) is 154 cm³/mol. The zero-order valence-electron chi connectivity index (χ0n) is 21.4. The van der Waals surface area contributed by atoms with E-state index in [0.717, 1.165) is 5.69 Å². The molecule has 1 saturated heterocycles. The SMILES string of the molecule is COCCN(CC(=O)Nc1nc(CC(=O)N2CCN(c3ccccc3Cl)CC2)cs1)C(=O)c1ccc(Cl)cc1. The van der Waals surface area contributed by atoms with Crippen molar-refractivity contribution in [2.45, 2.75) is 6.42 Å². The topological polar surface area (TPSA) is 95.1 Å². The van der Waals surface area contributed by atoms with Crippen LogP contribution in [0.2, 0.25) is 10.0 Å². The van der Waals surface area contributed by atoms with E-state index >= 15 is 0 Å². The number of nitrogens with one attached hydrogen (secondary N) is 1. The van der Waals surface area contributed by atoms with Crippen LogP contribution in [-0.4, -0.2) is 85.5 Å². The second-order valence-corrected chi connectivity index (χ2v) is 10.6. The van der Waals surface area contributed by atoms with Crippen molar-refractivity contribution in [2.24, 2.45) is 0 Å². The molecule has 39 heavy (non-hydrogen) atoms. The Bertz CT molecular complexity index is 1300. The van der Waals surface area contributed by atoms with E-state index in [2.05, 4.69) is 15.2 Å². The molecule has 1 fully saturated rings. The molecule has 1 aromatic heterocycles. The van der Waals surface area contributed by atoms with Crippen LogP contribution in [0.1, 0.15) is 16.1 Å². The second-order valence-electron chi connectivity index (χ2n) is 8.91. The van der Waals surface area contributed by atoms with Gasteiger partial charge in [-0.1, -0.05) is 35.3 Å². The van der Waals surface area contributed by atoms with E-state index < -0.39 is 5.91 Å². The molecular weight excluding hydrogens is 561 g/mol. The quantitative estimate of drug-likeness (QED) is 0.383. The van der Waals surface area contributed by atoms with Gasteiger partial charge in [-0.2, -0.15) is 0 Å². The number of carbonyl (C=O) groups is 3. The number of para-hydroxylation sites is 1. The van der Waals surface area contributed by atoms with Gasteiger partial charge in [0.2, 0.25) is 11.8 Å². The molecule has 0 bridgehead atoms. The van der Waals surface area contributed by atoms with Crippen LogP contribution in [0.15, 0.2) is 53.9 Å². The second kappa shape index (κ2) is 13.7. The summed E-state index contributed by atoms with van der Waals surface area (Å²) in [7, 11) is 1.53. The molecule has 3 amide bonds. The number of halogens is 2. The highest BCUT2D eigenvalue weighted by atomic mass is 35.5. The average Bonchev–Trinajstić information content (AvgIpc) is 3.37. The molecule has 3 aromatic rings. The minimum atomic E-state index is -0.392. The lowest BCUT2D eigenvalue weighted by Gasteiger charge is -2.36. The molecule has 0 saturated carbocycles. The number of hydrogen-bond acceptors (Lipinski definition) is 7. The Hall–Kier alpha value is -3.18. The highest BCUT2D eigenvalue weighted by Gasteiger charge is 2.24. The standard InChI is InChI=1S/C27H29Cl2N5O4S/c1-38-15-14-34(26(37)19-6-8-20(28)9-7-19)17-24(35)31-27-30-21(18-39-27)16-25(36)33-12-10-32(11-13-33)23-5-3-2-4-22(23)29/h2-9,18H,10-17H2,1H3,(H,30,31,35). The molecule has 0 spiro atoms. The monoisotopic (exact) mass is 589 g/mol. The summed E-state index contributed by atoms with van der Waals surface area (Å²) in [4.78, 5) is 48.4. The fourth-order valence-corrected chi connectivity index (χ4v) is 5.29. The lowest BCUT2D eigenvalue weighted by Crippen LogP contribution is -2.49. The molecule has 2 heterocycles. The van der Waals surface area contributed by atoms with Crippen molar-refractivity contribution in [3.63, 3.8) is 0 Å². The number of rotatable bonds is 10. The minimum Gasteiger partial charge on any atom is -0.383 e. The van der Waals surface area contributed by atoms with Crippen molar-refractivity contribution in [1.29, 1.82) is 0 Å². The van der Waals surface area contributed by atoms with Gasteiger partial charge in [0, 0.05) is 55.8 Å². The van der Waals surface area contributed by atoms with E-state index in [0.29, 0.717) is 52.6 Å². The number of methoxy groups -OCH3 is 1. The Balaban J connectivity index is 1.28. The summed E-state index contributed by atoms with van der Waals surface area (Å²) in [5.74, 6) is -0.716. The molecule has 206 valence electrons. The number of carbonyl (C=O) groups excluding carboxylic acids is 3. The summed E-state index contributed by atoms with van der Waals surface area (Å²) >= 11 is 13.5. The molecule has 1 aliphatic rings. The lowest BCUT2D eigenvalue weighted by molar-refractivity contribution is -0.130. The van der Waals surface area contributed by atoms with E-state index in [1.54, 1.807) is 29.6 Å². The van der Waals surface area contributed by atoms with Gasteiger partial charge in [-0.25, -0.2) is 4.98 Å². The first-order valence-electron chi connectivity index (χ1n) is 12.4. The van der Waals surface area contributed by atoms with Crippen molar-refractivity contribution in [3.8, 4) is 0 Å². The van der Waals surface area contributed by atoms with Crippen LogP contribution in [0.25, 0.3) is 0 Å². The largest absolute Gasteiger partial charge is 0.383 e. The third-order valence-corrected chi connectivity index (χ3v) is 7.61. The van der Waals surface area contributed by atoms with Crippen molar-refractivity contribution in [1.82, 2.24) is 14.8 Å². The number of piperazine rings is 1. The smallest absolute Gasteiger partial charge is 0.254 e. The van der Waals surface area contributed by atoms with Crippen molar-refractivity contribution in [2.75, 3.05) is 63.2 Å². The normalized spacial score (nSPS) is 13.3. The first kappa shape index (κ1) is 28.8. The van der Waals surface area contributed by atoms with Gasteiger partial charge in [0.15, 0.2) is 5.13 Å². The van der Waals surface area contributed by atoms with Crippen molar-refractivity contribution in [3.05, 3.63) is 75.2 Å². The molecule has 0 radical (unpaired) electrons. The lowest BCUT2D eigenvalue weighted by atomic mass is 10.2. The molecule has 0 unspecified atom stereocenters. The van der Waals surface area contributed by atoms with Crippen molar-refractivity contribution >= 4 is 63.1 Å². The molecule has 1 aliphatic heterocycles. The summed E-state index contributed by atoms with van der Waals surface area (Å²) in [5.41, 5.74) is 1.98. The summed E-state index contributed by atoms with van der Waals surface area (Å²) in [5, 5.41) is 6.08. The van der Waals surface area contributed by atoms with Crippen LogP contribution in [0, 0.1) is 0 Å². The molecule has 12 heteroatoms. The number of anilines is 2. The number of ether oxygens (including phenoxy) is 1. The first-order valence-corrected chi connectivity index (χ1v) is 14.0. The number of amides is 3. The van der Waals surface area contributed by atoms with E-state index in [1.165, 1.54) is 23.3 Å². The molecule has 4 rings (SSSR count). The minimum absolute atomic E-state index is 0.0173. The van der Waals surface area contributed by atoms with Gasteiger partial charge < -0.3 is 24.8 Å². The molecule has 0 aliphatic carbocycles. The third kappa shape index (κ3) is 7.92. The van der Waals surface area contributed by atoms with Gasteiger partial charge in [-0.3, -0.25) is 14.4 Å². The Morgan fingerprint density at radius 2 is 1.77 bits per heavy atom. The molecule has 9 nitrogen and oxygen atoms in total. The molecule has 1 N–H and O–H groups in total. The van der Waals surface area contributed by atoms with Crippen LogP contribution in [0.3, 0.4) is 0 Å². The zero-order valence-corrected chi connectivity index (χ0v) is 23.8. The Labute approximate surface area is 241 Å². The average molecular weight is 591 g/mol. The highest BCUT2D eigenvalue weighted by Crippen LogP contribution is 2.26. The number of benzene rings is 2. The molecule has 2 aromatic carbocycles. The summed E-state index contributed by atoms with van der Waals surface area (Å²) in [6.07, 6.45) is 0.146. The van der Waals surface area contributed by atoms with Crippen LogP contribution in [0.4, 0.5) is 10.8 Å². The van der Waals surface area contributed by atoms with Gasteiger partial charge in [-0.15, -0.1) is 11.3 Å². The van der Waals surface area contributed by atoms with Gasteiger partial charge in [0.1, 0.15) is 6.54 Å². The summed E-state index contributed by atoms with van der Waals surface area (Å²) < 4.78 is 5.10. The zero-order chi connectivity index (χ0) is 27.8. The maximum atomic E-state index is 12.9. The van der Waals surface area contributed by atoms with Crippen LogP contribution in [-0.2, 0) is 20.7 Å². The maximum Gasteiger partial charge on any atom is 0.254 e. The Kier molecular flexibility index (Phi) is 10.2. The van der Waals surface area contributed by atoms with E-state index in [9.17, 15) is 14.4 Å². The first-order chi connectivity index (χ1) is 18.8. The van der Waals surface area contributed by atoms with Crippen LogP contribution < -0.4 is 10.2 Å². The Morgan fingerprint density at radius 1 is 1.05 bits per heavy atom. The van der Waals surface area contributed by atoms with E-state index in [1.807, 2.05) is 29.2 Å². The number of hydrogen-bond donors (Lipinski definition) is 1. The fourth-order valence-electron chi connectivity index (χ4n) is 4.18. The van der Waals surface area contributed by atoms with Gasteiger partial charge in [-0.05, 0) is 36.4 Å². The van der Waals surface area contributed by atoms with Crippen LogP contribution >= 0.6 is 34.5 Å². The van der Waals surface area contributed by atoms with Gasteiger partial charge in [0.05, 0.1) is 29.4 Å².